The maximum absolute atomic E-state index is 13.1. The highest BCUT2D eigenvalue weighted by atomic mass is 32.2. The maximum Gasteiger partial charge on any atom is 0.248 e. The molecule has 1 aromatic rings. The third-order valence-electron chi connectivity index (χ3n) is 7.83. The van der Waals surface area contributed by atoms with Crippen LogP contribution in [0.4, 0.5) is 0 Å². The SMILES string of the molecule is COc1cc(C)c(S(=O)N(C)CCOCC(=O)N(C)CC2CCN(C(=O)C(C)N3CCCC3)CC2)c(C)c1. The quantitative estimate of drug-likeness (QED) is 0.372. The number of hydrogen-bond acceptors (Lipinski definition) is 6. The summed E-state index contributed by atoms with van der Waals surface area (Å²) in [6, 6.07) is 3.74. The summed E-state index contributed by atoms with van der Waals surface area (Å²) in [6.45, 7) is 10.9. The minimum Gasteiger partial charge on any atom is -0.497 e. The predicted octanol–water partition coefficient (Wildman–Crippen LogP) is 2.46. The summed E-state index contributed by atoms with van der Waals surface area (Å²) in [5.41, 5.74) is 1.84. The number of ether oxygens (including phenoxy) is 2. The molecule has 3 rings (SSSR count). The normalized spacial score (nSPS) is 18.6. The average molecular weight is 551 g/mol. The third kappa shape index (κ3) is 8.00. The molecule has 0 spiro atoms. The first-order valence-corrected chi connectivity index (χ1v) is 14.9. The monoisotopic (exact) mass is 550 g/mol. The second-order valence-corrected chi connectivity index (χ2v) is 12.2. The van der Waals surface area contributed by atoms with Gasteiger partial charge >= 0.3 is 0 Å². The minimum atomic E-state index is -1.33. The van der Waals surface area contributed by atoms with Crippen molar-refractivity contribution in [1.82, 2.24) is 19.0 Å². The first kappa shape index (κ1) is 30.5. The Kier molecular flexibility index (Phi) is 11.6. The number of nitrogens with zero attached hydrogens (tertiary/aromatic N) is 4. The number of amides is 2. The maximum atomic E-state index is 13.1. The van der Waals surface area contributed by atoms with Gasteiger partial charge < -0.3 is 19.3 Å². The first-order valence-electron chi connectivity index (χ1n) is 13.7. The van der Waals surface area contributed by atoms with E-state index in [4.69, 9.17) is 9.47 Å². The van der Waals surface area contributed by atoms with E-state index in [0.29, 0.717) is 25.6 Å². The number of methoxy groups -OCH3 is 1. The van der Waals surface area contributed by atoms with Gasteiger partial charge in [-0.3, -0.25) is 14.5 Å². The van der Waals surface area contributed by atoms with Crippen LogP contribution < -0.4 is 4.74 Å². The molecule has 2 heterocycles. The Morgan fingerprint density at radius 1 is 1.08 bits per heavy atom. The van der Waals surface area contributed by atoms with Crippen LogP contribution >= 0.6 is 0 Å². The number of aryl methyl sites for hydroxylation is 2. The van der Waals surface area contributed by atoms with Crippen molar-refractivity contribution in [2.24, 2.45) is 5.92 Å². The van der Waals surface area contributed by atoms with E-state index in [-0.39, 0.29) is 24.5 Å². The molecular formula is C28H46N4O5S. The Labute approximate surface area is 231 Å². The molecular weight excluding hydrogens is 504 g/mol. The van der Waals surface area contributed by atoms with Crippen molar-refractivity contribution in [2.75, 3.05) is 73.7 Å². The lowest BCUT2D eigenvalue weighted by atomic mass is 9.95. The van der Waals surface area contributed by atoms with Gasteiger partial charge in [0.2, 0.25) is 11.8 Å². The van der Waals surface area contributed by atoms with Crippen molar-refractivity contribution in [2.45, 2.75) is 57.4 Å². The molecule has 0 bridgehead atoms. The van der Waals surface area contributed by atoms with Crippen LogP contribution in [-0.4, -0.2) is 115 Å². The Hall–Kier alpha value is -2.01. The molecule has 10 heteroatoms. The van der Waals surface area contributed by atoms with Gasteiger partial charge in [-0.2, -0.15) is 0 Å². The highest BCUT2D eigenvalue weighted by Crippen LogP contribution is 2.25. The fraction of sp³-hybridized carbons (Fsp3) is 0.714. The summed E-state index contributed by atoms with van der Waals surface area (Å²) in [5.74, 6) is 1.32. The number of hydrogen-bond donors (Lipinski definition) is 0. The average Bonchev–Trinajstić information content (AvgIpc) is 3.45. The van der Waals surface area contributed by atoms with Crippen LogP contribution in [0.5, 0.6) is 5.75 Å². The number of rotatable bonds is 12. The second-order valence-electron chi connectivity index (χ2n) is 10.7. The van der Waals surface area contributed by atoms with E-state index in [2.05, 4.69) is 4.90 Å². The van der Waals surface area contributed by atoms with Crippen molar-refractivity contribution in [3.05, 3.63) is 23.3 Å². The van der Waals surface area contributed by atoms with Gasteiger partial charge in [0.15, 0.2) is 0 Å². The van der Waals surface area contributed by atoms with Gasteiger partial charge in [-0.1, -0.05) is 0 Å². The number of carbonyl (C=O) groups is 2. The lowest BCUT2D eigenvalue weighted by molar-refractivity contribution is -0.139. The Bertz CT molecular complexity index is 953. The standard InChI is InChI=1S/C28H46N4O5S/c1-21-17-25(36-6)18-22(2)27(21)38(35)30(5)15-16-37-20-26(33)29(4)19-24-9-13-32(14-10-24)28(34)23(3)31-11-7-8-12-31/h17-18,23-24H,7-16,19-20H2,1-6H3. The molecule has 2 unspecified atom stereocenters. The van der Waals surface area contributed by atoms with Gasteiger partial charge in [0.25, 0.3) is 0 Å². The highest BCUT2D eigenvalue weighted by Gasteiger charge is 2.31. The molecule has 0 aromatic heterocycles. The van der Waals surface area contributed by atoms with Gasteiger partial charge in [0, 0.05) is 40.3 Å². The number of likely N-dealkylation sites (tertiary alicyclic amines) is 2. The van der Waals surface area contributed by atoms with Crippen molar-refractivity contribution in [3.8, 4) is 5.75 Å². The zero-order valence-corrected chi connectivity index (χ0v) is 24.8. The minimum absolute atomic E-state index is 0.00223. The molecule has 2 atom stereocenters. The lowest BCUT2D eigenvalue weighted by Crippen LogP contribution is -2.49. The lowest BCUT2D eigenvalue weighted by Gasteiger charge is -2.36. The van der Waals surface area contributed by atoms with E-state index in [9.17, 15) is 13.8 Å². The summed E-state index contributed by atoms with van der Waals surface area (Å²) in [6.07, 6.45) is 4.20. The summed E-state index contributed by atoms with van der Waals surface area (Å²) in [4.78, 5) is 32.3. The number of likely N-dealkylation sites (N-methyl/N-ethyl adjacent to an activating group) is 2. The van der Waals surface area contributed by atoms with Gasteiger partial charge in [0.05, 0.1) is 24.7 Å². The highest BCUT2D eigenvalue weighted by molar-refractivity contribution is 7.82. The Morgan fingerprint density at radius 2 is 1.68 bits per heavy atom. The number of piperidine rings is 1. The molecule has 2 saturated heterocycles. The van der Waals surface area contributed by atoms with E-state index in [1.807, 2.05) is 44.9 Å². The summed E-state index contributed by atoms with van der Waals surface area (Å²) in [7, 11) is 3.90. The zero-order valence-electron chi connectivity index (χ0n) is 24.0. The zero-order chi connectivity index (χ0) is 27.8. The first-order chi connectivity index (χ1) is 18.1. The molecule has 0 N–H and O–H groups in total. The molecule has 2 fully saturated rings. The van der Waals surface area contributed by atoms with Gasteiger partial charge in [-0.25, -0.2) is 8.51 Å². The summed E-state index contributed by atoms with van der Waals surface area (Å²) in [5, 5.41) is 0. The van der Waals surface area contributed by atoms with Crippen LogP contribution in [0.25, 0.3) is 0 Å². The largest absolute Gasteiger partial charge is 0.497 e. The molecule has 214 valence electrons. The van der Waals surface area contributed by atoms with Crippen molar-refractivity contribution >= 4 is 22.8 Å². The Balaban J connectivity index is 1.35. The van der Waals surface area contributed by atoms with E-state index in [0.717, 1.165) is 60.8 Å². The number of benzene rings is 1. The van der Waals surface area contributed by atoms with Crippen molar-refractivity contribution in [1.29, 1.82) is 0 Å². The molecule has 2 amide bonds. The topological polar surface area (TPSA) is 82.6 Å². The van der Waals surface area contributed by atoms with Gasteiger partial charge in [-0.15, -0.1) is 0 Å². The van der Waals surface area contributed by atoms with E-state index in [1.54, 1.807) is 23.4 Å². The van der Waals surface area contributed by atoms with Crippen molar-refractivity contribution < 1.29 is 23.3 Å². The van der Waals surface area contributed by atoms with Crippen LogP contribution in [0.2, 0.25) is 0 Å². The molecule has 2 aliphatic heterocycles. The molecule has 9 nitrogen and oxygen atoms in total. The van der Waals surface area contributed by atoms with Crippen LogP contribution in [0, 0.1) is 19.8 Å². The second kappa shape index (κ2) is 14.4. The van der Waals surface area contributed by atoms with Crippen LogP contribution in [-0.2, 0) is 25.3 Å². The van der Waals surface area contributed by atoms with Crippen molar-refractivity contribution in [3.63, 3.8) is 0 Å². The Morgan fingerprint density at radius 3 is 2.26 bits per heavy atom. The van der Waals surface area contributed by atoms with Gasteiger partial charge in [0.1, 0.15) is 23.3 Å². The summed E-state index contributed by atoms with van der Waals surface area (Å²) < 4.78 is 25.7. The molecule has 2 aliphatic rings. The summed E-state index contributed by atoms with van der Waals surface area (Å²) >= 11 is 0. The van der Waals surface area contributed by atoms with Crippen LogP contribution in [0.3, 0.4) is 0 Å². The molecule has 38 heavy (non-hydrogen) atoms. The molecule has 1 aromatic carbocycles. The van der Waals surface area contributed by atoms with Crippen LogP contribution in [0.1, 0.15) is 43.7 Å². The fourth-order valence-corrected chi connectivity index (χ4v) is 6.60. The fourth-order valence-electron chi connectivity index (χ4n) is 5.38. The van der Waals surface area contributed by atoms with E-state index < -0.39 is 11.0 Å². The third-order valence-corrected chi connectivity index (χ3v) is 9.58. The van der Waals surface area contributed by atoms with Crippen LogP contribution in [0.15, 0.2) is 17.0 Å². The molecule has 0 aliphatic carbocycles. The van der Waals surface area contributed by atoms with E-state index in [1.165, 1.54) is 12.8 Å². The molecule has 0 saturated carbocycles. The number of carbonyl (C=O) groups excluding carboxylic acids is 2. The van der Waals surface area contributed by atoms with Gasteiger partial charge in [-0.05, 0) is 88.7 Å². The smallest absolute Gasteiger partial charge is 0.248 e. The predicted molar refractivity (Wildman–Crippen MR) is 150 cm³/mol. The molecule has 0 radical (unpaired) electrons. The van der Waals surface area contributed by atoms with E-state index >= 15 is 0 Å².